The third-order valence-electron chi connectivity index (χ3n) is 4.61. The number of hydrogen-bond donors (Lipinski definition) is 2. The third-order valence-corrected chi connectivity index (χ3v) is 4.61. The van der Waals surface area contributed by atoms with E-state index in [0.717, 1.165) is 17.2 Å². The van der Waals surface area contributed by atoms with Crippen LogP contribution < -0.4 is 10.1 Å². The highest BCUT2D eigenvalue weighted by Gasteiger charge is 2.29. The number of aliphatic hydroxyl groups excluding tert-OH is 1. The lowest BCUT2D eigenvalue weighted by molar-refractivity contribution is 0.101. The number of aliphatic hydroxyl groups is 1. The molecule has 0 heterocycles. The maximum atomic E-state index is 10.0. The van der Waals surface area contributed by atoms with Gasteiger partial charge in [-0.3, -0.25) is 0 Å². The number of benzene rings is 1. The molecule has 0 aliphatic heterocycles. The molecule has 4 unspecified atom stereocenters. The van der Waals surface area contributed by atoms with Gasteiger partial charge in [0.2, 0.25) is 0 Å². The van der Waals surface area contributed by atoms with Crippen LogP contribution in [0.15, 0.2) is 24.3 Å². The first kappa shape index (κ1) is 15.3. The zero-order valence-corrected chi connectivity index (χ0v) is 12.8. The average molecular weight is 277 g/mol. The van der Waals surface area contributed by atoms with Gasteiger partial charge in [0.1, 0.15) is 18.5 Å². The van der Waals surface area contributed by atoms with E-state index in [0.29, 0.717) is 25.1 Å². The maximum absolute atomic E-state index is 10.0. The molecule has 1 aliphatic rings. The van der Waals surface area contributed by atoms with Crippen LogP contribution in [0.3, 0.4) is 0 Å². The number of rotatable bonds is 6. The minimum Gasteiger partial charge on any atom is -0.491 e. The summed E-state index contributed by atoms with van der Waals surface area (Å²) < 4.78 is 5.67. The average Bonchev–Trinajstić information content (AvgIpc) is 2.76. The lowest BCUT2D eigenvalue weighted by Gasteiger charge is -2.22. The molecule has 4 atom stereocenters. The fourth-order valence-corrected chi connectivity index (χ4v) is 2.90. The van der Waals surface area contributed by atoms with Crippen molar-refractivity contribution in [3.05, 3.63) is 29.8 Å². The molecule has 20 heavy (non-hydrogen) atoms. The molecule has 3 nitrogen and oxygen atoms in total. The zero-order chi connectivity index (χ0) is 14.5. The molecule has 2 N–H and O–H groups in total. The molecule has 0 amide bonds. The summed E-state index contributed by atoms with van der Waals surface area (Å²) in [5.41, 5.74) is 1.10. The fraction of sp³-hybridized carbons (Fsp3) is 0.647. The van der Waals surface area contributed by atoms with Crippen molar-refractivity contribution in [3.63, 3.8) is 0 Å². The Morgan fingerprint density at radius 3 is 2.70 bits per heavy atom. The molecule has 112 valence electrons. The van der Waals surface area contributed by atoms with Gasteiger partial charge in [-0.1, -0.05) is 32.0 Å². The minimum absolute atomic E-state index is 0.342. The minimum atomic E-state index is -0.460. The summed E-state index contributed by atoms with van der Waals surface area (Å²) in [5.74, 6) is 2.33. The summed E-state index contributed by atoms with van der Waals surface area (Å²) in [6.45, 7) is 7.57. The molecule has 2 rings (SSSR count). The molecule has 0 aromatic heterocycles. The van der Waals surface area contributed by atoms with Gasteiger partial charge < -0.3 is 15.2 Å². The summed E-state index contributed by atoms with van der Waals surface area (Å²) in [5, 5.41) is 13.5. The normalized spacial score (nSPS) is 27.5. The Bertz CT molecular complexity index is 421. The van der Waals surface area contributed by atoms with E-state index in [1.807, 2.05) is 31.2 Å². The topological polar surface area (TPSA) is 41.5 Å². The summed E-state index contributed by atoms with van der Waals surface area (Å²) in [7, 11) is 0. The molecule has 1 fully saturated rings. The van der Waals surface area contributed by atoms with Crippen molar-refractivity contribution in [2.45, 2.75) is 45.8 Å². The second-order valence-electron chi connectivity index (χ2n) is 6.16. The van der Waals surface area contributed by atoms with E-state index >= 15 is 0 Å². The summed E-state index contributed by atoms with van der Waals surface area (Å²) in [6, 6.07) is 8.44. The standard InChI is InChI=1S/C17H27NO2/c1-12-8-9-16(14(12)3)18-10-15(19)11-20-17-7-5-4-6-13(17)2/h4-7,12,14-16,18-19H,8-11H2,1-3H3. The van der Waals surface area contributed by atoms with Gasteiger partial charge in [-0.05, 0) is 43.2 Å². The highest BCUT2D eigenvalue weighted by Crippen LogP contribution is 2.30. The molecule has 1 aromatic rings. The molecule has 1 aromatic carbocycles. The number of aryl methyl sites for hydroxylation is 1. The summed E-state index contributed by atoms with van der Waals surface area (Å²) in [6.07, 6.45) is 2.04. The lowest BCUT2D eigenvalue weighted by atomic mass is 9.98. The largest absolute Gasteiger partial charge is 0.491 e. The number of ether oxygens (including phenoxy) is 1. The van der Waals surface area contributed by atoms with Crippen molar-refractivity contribution in [1.29, 1.82) is 0 Å². The molecular formula is C17H27NO2. The highest BCUT2D eigenvalue weighted by atomic mass is 16.5. The summed E-state index contributed by atoms with van der Waals surface area (Å²) in [4.78, 5) is 0. The van der Waals surface area contributed by atoms with E-state index in [4.69, 9.17) is 4.74 Å². The zero-order valence-electron chi connectivity index (χ0n) is 12.8. The first-order valence-electron chi connectivity index (χ1n) is 7.67. The smallest absolute Gasteiger partial charge is 0.122 e. The van der Waals surface area contributed by atoms with E-state index < -0.39 is 6.10 Å². The van der Waals surface area contributed by atoms with Crippen molar-refractivity contribution in [1.82, 2.24) is 5.32 Å². The predicted molar refractivity (Wildman–Crippen MR) is 82.0 cm³/mol. The van der Waals surface area contributed by atoms with Gasteiger partial charge in [0.05, 0.1) is 0 Å². The van der Waals surface area contributed by atoms with Gasteiger partial charge in [0.25, 0.3) is 0 Å². The molecular weight excluding hydrogens is 250 g/mol. The van der Waals surface area contributed by atoms with Gasteiger partial charge in [-0.2, -0.15) is 0 Å². The number of hydrogen-bond acceptors (Lipinski definition) is 3. The van der Waals surface area contributed by atoms with E-state index in [1.165, 1.54) is 12.8 Å². The van der Waals surface area contributed by atoms with Crippen LogP contribution in [0.1, 0.15) is 32.3 Å². The lowest BCUT2D eigenvalue weighted by Crippen LogP contribution is -2.39. The Hall–Kier alpha value is -1.06. The molecule has 1 aliphatic carbocycles. The van der Waals surface area contributed by atoms with Gasteiger partial charge in [-0.25, -0.2) is 0 Å². The van der Waals surface area contributed by atoms with Crippen LogP contribution in [0.4, 0.5) is 0 Å². The van der Waals surface area contributed by atoms with E-state index in [2.05, 4.69) is 19.2 Å². The number of para-hydroxylation sites is 1. The van der Waals surface area contributed by atoms with Crippen LogP contribution in [0.5, 0.6) is 5.75 Å². The SMILES string of the molecule is Cc1ccccc1OCC(O)CNC1CCC(C)C1C. The van der Waals surface area contributed by atoms with Gasteiger partial charge in [0.15, 0.2) is 0 Å². The Kier molecular flexibility index (Phi) is 5.44. The number of nitrogens with one attached hydrogen (secondary N) is 1. The third kappa shape index (κ3) is 3.97. The second-order valence-corrected chi connectivity index (χ2v) is 6.16. The van der Waals surface area contributed by atoms with Crippen molar-refractivity contribution in [2.24, 2.45) is 11.8 Å². The molecule has 1 saturated carbocycles. The fourth-order valence-electron chi connectivity index (χ4n) is 2.90. The Morgan fingerprint density at radius 2 is 2.05 bits per heavy atom. The van der Waals surface area contributed by atoms with E-state index in [-0.39, 0.29) is 0 Å². The van der Waals surface area contributed by atoms with Crippen LogP contribution in [0, 0.1) is 18.8 Å². The summed E-state index contributed by atoms with van der Waals surface area (Å²) >= 11 is 0. The Balaban J connectivity index is 1.71. The van der Waals surface area contributed by atoms with Crippen molar-refractivity contribution in [3.8, 4) is 5.75 Å². The van der Waals surface area contributed by atoms with Gasteiger partial charge in [0, 0.05) is 12.6 Å². The maximum Gasteiger partial charge on any atom is 0.122 e. The van der Waals surface area contributed by atoms with E-state index in [1.54, 1.807) is 0 Å². The second kappa shape index (κ2) is 7.09. The van der Waals surface area contributed by atoms with Crippen LogP contribution in [-0.4, -0.2) is 30.4 Å². The first-order valence-corrected chi connectivity index (χ1v) is 7.67. The van der Waals surface area contributed by atoms with Crippen molar-refractivity contribution < 1.29 is 9.84 Å². The Labute approximate surface area is 122 Å². The quantitative estimate of drug-likeness (QED) is 0.840. The first-order chi connectivity index (χ1) is 9.58. The van der Waals surface area contributed by atoms with Crippen LogP contribution in [0.25, 0.3) is 0 Å². The van der Waals surface area contributed by atoms with Crippen LogP contribution in [-0.2, 0) is 0 Å². The Morgan fingerprint density at radius 1 is 1.30 bits per heavy atom. The van der Waals surface area contributed by atoms with Crippen molar-refractivity contribution in [2.75, 3.05) is 13.2 Å². The highest BCUT2D eigenvalue weighted by molar-refractivity contribution is 5.31. The molecule has 0 radical (unpaired) electrons. The monoisotopic (exact) mass is 277 g/mol. The molecule has 0 saturated heterocycles. The van der Waals surface area contributed by atoms with Gasteiger partial charge >= 0.3 is 0 Å². The molecule has 0 spiro atoms. The predicted octanol–water partition coefficient (Wildman–Crippen LogP) is 2.76. The molecule has 0 bridgehead atoms. The van der Waals surface area contributed by atoms with Crippen molar-refractivity contribution >= 4 is 0 Å². The van der Waals surface area contributed by atoms with Gasteiger partial charge in [-0.15, -0.1) is 0 Å². The van der Waals surface area contributed by atoms with Crippen LogP contribution >= 0.6 is 0 Å². The van der Waals surface area contributed by atoms with E-state index in [9.17, 15) is 5.11 Å². The molecule has 3 heteroatoms. The van der Waals surface area contributed by atoms with Crippen LogP contribution in [0.2, 0.25) is 0 Å².